The fourth-order valence-electron chi connectivity index (χ4n) is 6.33. The smallest absolute Gasteiger partial charge is 0.0496 e. The van der Waals surface area contributed by atoms with Crippen molar-refractivity contribution in [2.24, 2.45) is 47.3 Å². The van der Waals surface area contributed by atoms with Crippen LogP contribution in [0.25, 0.3) is 0 Å². The van der Waals surface area contributed by atoms with E-state index in [-0.39, 0.29) is 0 Å². The van der Waals surface area contributed by atoms with Gasteiger partial charge >= 0.3 is 0 Å². The number of methoxy groups -OCH3 is 1. The van der Waals surface area contributed by atoms with Crippen LogP contribution >= 0.6 is 0 Å². The molecule has 4 aliphatic rings. The summed E-state index contributed by atoms with van der Waals surface area (Å²) < 4.78 is 5.52. The van der Waals surface area contributed by atoms with E-state index in [0.29, 0.717) is 0 Å². The molecule has 94 valence electrons. The fourth-order valence-corrected chi connectivity index (χ4v) is 6.33. The Morgan fingerprint density at radius 2 is 1.65 bits per heavy atom. The van der Waals surface area contributed by atoms with E-state index in [1.807, 2.05) is 7.11 Å². The molecule has 4 rings (SSSR count). The van der Waals surface area contributed by atoms with Gasteiger partial charge in [0.05, 0.1) is 0 Å². The van der Waals surface area contributed by atoms with Crippen molar-refractivity contribution in [3.63, 3.8) is 0 Å². The van der Waals surface area contributed by atoms with Gasteiger partial charge in [-0.05, 0) is 60.2 Å². The lowest BCUT2D eigenvalue weighted by atomic mass is 9.64. The summed E-state index contributed by atoms with van der Waals surface area (Å²) in [4.78, 5) is 0. The summed E-state index contributed by atoms with van der Waals surface area (Å²) in [7, 11) is 1.89. The molecule has 0 aromatic carbocycles. The Hall–Kier alpha value is -0.300. The SMILES string of the molecule is CCC1C(COC)C2CC1C1C3C=CC(C3)C21. The van der Waals surface area contributed by atoms with Crippen molar-refractivity contribution in [3.8, 4) is 0 Å². The average molecular weight is 232 g/mol. The van der Waals surface area contributed by atoms with E-state index in [1.165, 1.54) is 19.3 Å². The van der Waals surface area contributed by atoms with Crippen molar-refractivity contribution in [1.82, 2.24) is 0 Å². The van der Waals surface area contributed by atoms with Gasteiger partial charge in [-0.2, -0.15) is 0 Å². The number of fused-ring (bicyclic) bond motifs is 9. The van der Waals surface area contributed by atoms with Crippen LogP contribution in [0.1, 0.15) is 26.2 Å². The van der Waals surface area contributed by atoms with Crippen molar-refractivity contribution < 1.29 is 4.74 Å². The predicted octanol–water partition coefficient (Wildman–Crippen LogP) is 3.36. The minimum absolute atomic E-state index is 0.879. The van der Waals surface area contributed by atoms with E-state index in [0.717, 1.165) is 54.0 Å². The molecule has 4 bridgehead atoms. The minimum atomic E-state index is 0.879. The maximum absolute atomic E-state index is 5.52. The summed E-state index contributed by atoms with van der Waals surface area (Å²) in [5, 5.41) is 0. The van der Waals surface area contributed by atoms with Crippen LogP contribution < -0.4 is 0 Å². The first kappa shape index (κ1) is 10.6. The Bertz CT molecular complexity index is 347. The molecule has 0 spiro atoms. The van der Waals surface area contributed by atoms with Gasteiger partial charge in [0, 0.05) is 13.7 Å². The van der Waals surface area contributed by atoms with E-state index in [4.69, 9.17) is 4.74 Å². The number of hydrogen-bond donors (Lipinski definition) is 0. The second-order valence-corrected chi connectivity index (χ2v) is 6.86. The maximum atomic E-state index is 5.52. The molecule has 1 heteroatoms. The number of ether oxygens (including phenoxy) is 1. The molecule has 0 aromatic rings. The zero-order valence-corrected chi connectivity index (χ0v) is 11.0. The Morgan fingerprint density at radius 3 is 2.24 bits per heavy atom. The molecule has 0 heterocycles. The van der Waals surface area contributed by atoms with Gasteiger partial charge in [0.1, 0.15) is 0 Å². The first-order valence-electron chi connectivity index (χ1n) is 7.52. The first-order chi connectivity index (χ1) is 8.35. The van der Waals surface area contributed by atoms with Gasteiger partial charge < -0.3 is 4.74 Å². The molecule has 8 atom stereocenters. The van der Waals surface area contributed by atoms with Crippen LogP contribution in [0.4, 0.5) is 0 Å². The van der Waals surface area contributed by atoms with Crippen molar-refractivity contribution in [2.75, 3.05) is 13.7 Å². The van der Waals surface area contributed by atoms with Crippen LogP contribution in [0.2, 0.25) is 0 Å². The third kappa shape index (κ3) is 1.19. The van der Waals surface area contributed by atoms with Crippen molar-refractivity contribution in [2.45, 2.75) is 26.2 Å². The van der Waals surface area contributed by atoms with Crippen LogP contribution in [0.15, 0.2) is 12.2 Å². The van der Waals surface area contributed by atoms with Crippen molar-refractivity contribution >= 4 is 0 Å². The molecule has 8 unspecified atom stereocenters. The summed E-state index contributed by atoms with van der Waals surface area (Å²) in [5.74, 6) is 7.88. The molecule has 0 amide bonds. The molecule has 3 saturated carbocycles. The standard InChI is InChI=1S/C16H24O/c1-3-11-12-7-13(14(11)8-17-2)16-10-5-4-9(6-10)15(12)16/h4-5,9-16H,3,6-8H2,1-2H3. The molecule has 17 heavy (non-hydrogen) atoms. The second-order valence-electron chi connectivity index (χ2n) is 6.86. The third-order valence-electron chi connectivity index (χ3n) is 6.60. The molecule has 0 N–H and O–H groups in total. The largest absolute Gasteiger partial charge is 0.384 e. The highest BCUT2D eigenvalue weighted by Gasteiger charge is 2.63. The van der Waals surface area contributed by atoms with Crippen LogP contribution in [-0.2, 0) is 4.74 Å². The maximum Gasteiger partial charge on any atom is 0.0496 e. The number of hydrogen-bond acceptors (Lipinski definition) is 1. The van der Waals surface area contributed by atoms with Gasteiger partial charge in [-0.1, -0.05) is 25.5 Å². The Labute approximate surface area is 105 Å². The monoisotopic (exact) mass is 232 g/mol. The minimum Gasteiger partial charge on any atom is -0.384 e. The summed E-state index contributed by atoms with van der Waals surface area (Å²) >= 11 is 0. The normalized spacial score (nSPS) is 58.0. The fraction of sp³-hybridized carbons (Fsp3) is 0.875. The van der Waals surface area contributed by atoms with Gasteiger partial charge in [0.25, 0.3) is 0 Å². The second kappa shape index (κ2) is 3.60. The summed E-state index contributed by atoms with van der Waals surface area (Å²) in [6.45, 7) is 3.41. The number of rotatable bonds is 3. The van der Waals surface area contributed by atoms with E-state index in [2.05, 4.69) is 19.1 Å². The molecular weight excluding hydrogens is 208 g/mol. The quantitative estimate of drug-likeness (QED) is 0.535. The lowest BCUT2D eigenvalue weighted by Crippen LogP contribution is -2.38. The third-order valence-corrected chi connectivity index (χ3v) is 6.60. The Balaban J connectivity index is 1.66. The van der Waals surface area contributed by atoms with Crippen molar-refractivity contribution in [1.29, 1.82) is 0 Å². The molecule has 4 aliphatic carbocycles. The summed E-state index contributed by atoms with van der Waals surface area (Å²) in [5.41, 5.74) is 0. The van der Waals surface area contributed by atoms with Crippen LogP contribution in [0.3, 0.4) is 0 Å². The molecule has 1 nitrogen and oxygen atoms in total. The van der Waals surface area contributed by atoms with Gasteiger partial charge in [-0.25, -0.2) is 0 Å². The lowest BCUT2D eigenvalue weighted by molar-refractivity contribution is 0.0288. The zero-order chi connectivity index (χ0) is 11.6. The lowest BCUT2D eigenvalue weighted by Gasteiger charge is -2.41. The first-order valence-corrected chi connectivity index (χ1v) is 7.52. The van der Waals surface area contributed by atoms with Gasteiger partial charge in [0.2, 0.25) is 0 Å². The van der Waals surface area contributed by atoms with Crippen LogP contribution in [-0.4, -0.2) is 13.7 Å². The molecule has 0 aliphatic heterocycles. The van der Waals surface area contributed by atoms with Crippen molar-refractivity contribution in [3.05, 3.63) is 12.2 Å². The predicted molar refractivity (Wildman–Crippen MR) is 68.5 cm³/mol. The molecule has 0 saturated heterocycles. The zero-order valence-electron chi connectivity index (χ0n) is 11.0. The highest BCUT2D eigenvalue weighted by atomic mass is 16.5. The average Bonchev–Trinajstić information content (AvgIpc) is 3.06. The van der Waals surface area contributed by atoms with E-state index in [9.17, 15) is 0 Å². The van der Waals surface area contributed by atoms with Crippen LogP contribution in [0, 0.1) is 47.3 Å². The Kier molecular flexibility index (Phi) is 2.25. The van der Waals surface area contributed by atoms with E-state index in [1.54, 1.807) is 0 Å². The number of allylic oxidation sites excluding steroid dienone is 2. The van der Waals surface area contributed by atoms with Gasteiger partial charge in [-0.3, -0.25) is 0 Å². The molecule has 0 radical (unpaired) electrons. The van der Waals surface area contributed by atoms with Gasteiger partial charge in [0.15, 0.2) is 0 Å². The molecule has 3 fully saturated rings. The topological polar surface area (TPSA) is 9.23 Å². The van der Waals surface area contributed by atoms with E-state index >= 15 is 0 Å². The highest BCUT2D eigenvalue weighted by Crippen LogP contribution is 2.69. The van der Waals surface area contributed by atoms with E-state index < -0.39 is 0 Å². The summed E-state index contributed by atoms with van der Waals surface area (Å²) in [6.07, 6.45) is 9.47. The van der Waals surface area contributed by atoms with Gasteiger partial charge in [-0.15, -0.1) is 0 Å². The molecular formula is C16H24O. The Morgan fingerprint density at radius 1 is 1.00 bits per heavy atom. The highest BCUT2D eigenvalue weighted by molar-refractivity contribution is 5.21. The summed E-state index contributed by atoms with van der Waals surface area (Å²) in [6, 6.07) is 0. The molecule has 0 aromatic heterocycles. The van der Waals surface area contributed by atoms with Crippen LogP contribution in [0.5, 0.6) is 0 Å².